The minimum atomic E-state index is -0.499. The van der Waals surface area contributed by atoms with Gasteiger partial charge in [0.25, 0.3) is 0 Å². The fraction of sp³-hybridized carbons (Fsp3) is 0.533. The summed E-state index contributed by atoms with van der Waals surface area (Å²) in [6.07, 6.45) is 0.430. The van der Waals surface area contributed by atoms with Crippen molar-refractivity contribution in [2.75, 3.05) is 6.61 Å². The summed E-state index contributed by atoms with van der Waals surface area (Å²) in [7, 11) is -0.499. The van der Waals surface area contributed by atoms with Gasteiger partial charge in [-0.15, -0.1) is 0 Å². The van der Waals surface area contributed by atoms with Crippen molar-refractivity contribution < 1.29 is 18.8 Å². The third kappa shape index (κ3) is 1.96. The zero-order chi connectivity index (χ0) is 14.5. The first-order chi connectivity index (χ1) is 9.32. The summed E-state index contributed by atoms with van der Waals surface area (Å²) < 4.78 is 17.8. The lowest BCUT2D eigenvalue weighted by molar-refractivity contribution is 0.00578. The number of hydrogen-bond acceptors (Lipinski definition) is 4. The van der Waals surface area contributed by atoms with Crippen molar-refractivity contribution >= 4 is 18.4 Å². The Morgan fingerprint density at radius 3 is 2.40 bits per heavy atom. The van der Waals surface area contributed by atoms with Crippen LogP contribution in [0.2, 0.25) is 0 Å². The van der Waals surface area contributed by atoms with Gasteiger partial charge < -0.3 is 14.0 Å². The molecule has 1 fully saturated rings. The Bertz CT molecular complexity index is 549. The molecule has 0 spiro atoms. The maximum Gasteiger partial charge on any atom is 0.498 e. The predicted octanol–water partition coefficient (Wildman–Crippen LogP) is 1.95. The number of benzene rings is 1. The molecular weight excluding hydrogens is 255 g/mol. The van der Waals surface area contributed by atoms with Crippen LogP contribution >= 0.6 is 0 Å². The third-order valence-electron chi connectivity index (χ3n) is 4.43. The van der Waals surface area contributed by atoms with Crippen LogP contribution < -0.4 is 10.2 Å². The maximum atomic E-state index is 11.9. The van der Waals surface area contributed by atoms with Gasteiger partial charge in [0.2, 0.25) is 0 Å². The highest BCUT2D eigenvalue weighted by molar-refractivity contribution is 6.63. The number of ketones is 1. The summed E-state index contributed by atoms with van der Waals surface area (Å²) in [5.41, 5.74) is 0.621. The van der Waals surface area contributed by atoms with E-state index in [2.05, 4.69) is 0 Å². The molecular formula is C15H19BO4. The molecule has 0 aliphatic carbocycles. The minimum Gasteiger partial charge on any atom is -0.493 e. The third-order valence-corrected chi connectivity index (χ3v) is 4.43. The lowest BCUT2D eigenvalue weighted by Gasteiger charge is -2.32. The van der Waals surface area contributed by atoms with Crippen LogP contribution in [0.15, 0.2) is 18.2 Å². The number of rotatable bonds is 1. The molecule has 1 aromatic rings. The summed E-state index contributed by atoms with van der Waals surface area (Å²) in [5.74, 6) is 0.729. The van der Waals surface area contributed by atoms with Crippen LogP contribution in [0.1, 0.15) is 44.5 Å². The second kappa shape index (κ2) is 4.33. The average molecular weight is 274 g/mol. The highest BCUT2D eigenvalue weighted by Gasteiger charge is 2.52. The number of carbonyl (C=O) groups is 1. The first kappa shape index (κ1) is 13.6. The quantitative estimate of drug-likeness (QED) is 0.734. The Hall–Kier alpha value is -1.33. The first-order valence-corrected chi connectivity index (χ1v) is 6.96. The van der Waals surface area contributed by atoms with Gasteiger partial charge in [-0.1, -0.05) is 12.1 Å². The average Bonchev–Trinajstić information content (AvgIpc) is 2.58. The number of carbonyl (C=O) groups excluding carboxylic acids is 1. The van der Waals surface area contributed by atoms with Gasteiger partial charge in [0.1, 0.15) is 5.75 Å². The van der Waals surface area contributed by atoms with Crippen LogP contribution in [0.3, 0.4) is 0 Å². The summed E-state index contributed by atoms with van der Waals surface area (Å²) >= 11 is 0. The number of fused-ring (bicyclic) bond motifs is 1. The van der Waals surface area contributed by atoms with Crippen molar-refractivity contribution in [1.82, 2.24) is 0 Å². The molecule has 2 aliphatic rings. The molecule has 20 heavy (non-hydrogen) atoms. The van der Waals surface area contributed by atoms with Crippen LogP contribution in [0.25, 0.3) is 0 Å². The number of Topliss-reactive ketones (excluding diaryl/α,β-unsaturated/α-hetero) is 1. The lowest BCUT2D eigenvalue weighted by atomic mass is 9.76. The molecule has 5 heteroatoms. The van der Waals surface area contributed by atoms with Gasteiger partial charge in [-0.25, -0.2) is 0 Å². The van der Waals surface area contributed by atoms with E-state index in [1.807, 2.05) is 39.8 Å². The van der Waals surface area contributed by atoms with E-state index >= 15 is 0 Å². The number of para-hydroxylation sites is 1. The minimum absolute atomic E-state index is 0.115. The van der Waals surface area contributed by atoms with Gasteiger partial charge in [-0.3, -0.25) is 4.79 Å². The lowest BCUT2D eigenvalue weighted by Crippen LogP contribution is -2.41. The maximum absolute atomic E-state index is 11.9. The predicted molar refractivity (Wildman–Crippen MR) is 76.6 cm³/mol. The van der Waals surface area contributed by atoms with Gasteiger partial charge >= 0.3 is 7.12 Å². The zero-order valence-electron chi connectivity index (χ0n) is 12.4. The van der Waals surface area contributed by atoms with E-state index in [9.17, 15) is 4.79 Å². The molecule has 106 valence electrons. The van der Waals surface area contributed by atoms with Gasteiger partial charge in [-0.05, 0) is 33.8 Å². The fourth-order valence-electron chi connectivity index (χ4n) is 2.47. The van der Waals surface area contributed by atoms with Gasteiger partial charge in [-0.2, -0.15) is 0 Å². The van der Waals surface area contributed by atoms with Crippen LogP contribution in [-0.2, 0) is 9.31 Å². The van der Waals surface area contributed by atoms with Crippen molar-refractivity contribution in [3.63, 3.8) is 0 Å². The second-order valence-electron chi connectivity index (χ2n) is 6.33. The molecule has 1 saturated heterocycles. The van der Waals surface area contributed by atoms with E-state index in [-0.39, 0.29) is 5.78 Å². The van der Waals surface area contributed by atoms with Crippen LogP contribution in [0.5, 0.6) is 5.75 Å². The molecule has 0 radical (unpaired) electrons. The first-order valence-electron chi connectivity index (χ1n) is 6.96. The van der Waals surface area contributed by atoms with E-state index in [4.69, 9.17) is 14.0 Å². The van der Waals surface area contributed by atoms with Crippen molar-refractivity contribution in [1.29, 1.82) is 0 Å². The molecule has 2 aliphatic heterocycles. The molecule has 0 bridgehead atoms. The van der Waals surface area contributed by atoms with Crippen molar-refractivity contribution in [3.05, 3.63) is 23.8 Å². The summed E-state index contributed by atoms with van der Waals surface area (Å²) in [4.78, 5) is 11.9. The highest BCUT2D eigenvalue weighted by atomic mass is 16.7. The Morgan fingerprint density at radius 1 is 1.10 bits per heavy atom. The molecule has 0 atom stereocenters. The second-order valence-corrected chi connectivity index (χ2v) is 6.33. The van der Waals surface area contributed by atoms with Gasteiger partial charge in [0.15, 0.2) is 5.78 Å². The zero-order valence-corrected chi connectivity index (χ0v) is 12.4. The summed E-state index contributed by atoms with van der Waals surface area (Å²) in [5, 5.41) is 0. The van der Waals surface area contributed by atoms with E-state index in [1.54, 1.807) is 6.07 Å². The molecule has 2 heterocycles. The van der Waals surface area contributed by atoms with E-state index < -0.39 is 18.3 Å². The summed E-state index contributed by atoms with van der Waals surface area (Å²) in [6.45, 7) is 8.45. The molecule has 0 aromatic heterocycles. The van der Waals surface area contributed by atoms with Gasteiger partial charge in [0, 0.05) is 11.9 Å². The van der Waals surface area contributed by atoms with Crippen LogP contribution in [0.4, 0.5) is 0 Å². The molecule has 0 N–H and O–H groups in total. The molecule has 1 aromatic carbocycles. The van der Waals surface area contributed by atoms with E-state index in [0.717, 1.165) is 5.46 Å². The normalized spacial score (nSPS) is 23.4. The van der Waals surface area contributed by atoms with Crippen molar-refractivity contribution in [3.8, 4) is 5.75 Å². The molecule has 0 amide bonds. The number of ether oxygens (including phenoxy) is 1. The standard InChI is InChI=1S/C15H19BO4/c1-14(2)15(3,4)20-16(19-14)11-7-5-6-10-12(17)8-9-18-13(10)11/h5-7H,8-9H2,1-4H3. The molecule has 0 unspecified atom stereocenters. The SMILES string of the molecule is CC1(C)OB(c2cccc3c2OCCC3=O)OC1(C)C. The Morgan fingerprint density at radius 2 is 1.75 bits per heavy atom. The molecule has 4 nitrogen and oxygen atoms in total. The van der Waals surface area contributed by atoms with Crippen molar-refractivity contribution in [2.24, 2.45) is 0 Å². The van der Waals surface area contributed by atoms with E-state index in [1.165, 1.54) is 0 Å². The number of hydrogen-bond donors (Lipinski definition) is 0. The Labute approximate surface area is 119 Å². The fourth-order valence-corrected chi connectivity index (χ4v) is 2.47. The summed E-state index contributed by atoms with van der Waals surface area (Å²) in [6, 6.07) is 5.55. The topological polar surface area (TPSA) is 44.8 Å². The van der Waals surface area contributed by atoms with E-state index in [0.29, 0.717) is 24.3 Å². The molecule has 3 rings (SSSR count). The molecule has 0 saturated carbocycles. The van der Waals surface area contributed by atoms with Gasteiger partial charge in [0.05, 0.1) is 23.4 Å². The largest absolute Gasteiger partial charge is 0.498 e. The highest BCUT2D eigenvalue weighted by Crippen LogP contribution is 2.37. The Balaban J connectivity index is 2.01. The Kier molecular flexibility index (Phi) is 2.96. The van der Waals surface area contributed by atoms with Crippen molar-refractivity contribution in [2.45, 2.75) is 45.3 Å². The smallest absolute Gasteiger partial charge is 0.493 e. The van der Waals surface area contributed by atoms with Crippen LogP contribution in [-0.4, -0.2) is 30.7 Å². The van der Waals surface area contributed by atoms with Crippen LogP contribution in [0, 0.1) is 0 Å². The monoisotopic (exact) mass is 274 g/mol.